The maximum Gasteiger partial charge on any atom is 0.259 e. The highest BCUT2D eigenvalue weighted by Crippen LogP contribution is 2.26. The van der Waals surface area contributed by atoms with Crippen molar-refractivity contribution < 1.29 is 18.6 Å². The van der Waals surface area contributed by atoms with E-state index in [1.54, 1.807) is 19.9 Å². The summed E-state index contributed by atoms with van der Waals surface area (Å²) in [6, 6.07) is 10.9. The van der Waals surface area contributed by atoms with Crippen LogP contribution in [-0.2, 0) is 4.79 Å². The summed E-state index contributed by atoms with van der Waals surface area (Å²) >= 11 is 0. The largest absolute Gasteiger partial charge is 0.360 e. The molecule has 2 amide bonds. The molecule has 1 aromatic carbocycles. The lowest BCUT2D eigenvalue weighted by Crippen LogP contribution is -2.35. The summed E-state index contributed by atoms with van der Waals surface area (Å²) < 4.78 is 10.1. The van der Waals surface area contributed by atoms with Gasteiger partial charge in [-0.3, -0.25) is 9.59 Å². The van der Waals surface area contributed by atoms with Crippen molar-refractivity contribution in [1.29, 1.82) is 0 Å². The number of nitrogens with one attached hydrogen (secondary N) is 1. The molecule has 1 N–H and O–H groups in total. The fourth-order valence-electron chi connectivity index (χ4n) is 2.50. The van der Waals surface area contributed by atoms with Crippen LogP contribution < -0.4 is 5.32 Å². The maximum absolute atomic E-state index is 12.8. The van der Waals surface area contributed by atoms with Crippen molar-refractivity contribution >= 4 is 17.6 Å². The number of nitrogens with zero attached hydrogens (tertiary/aromatic N) is 3. The minimum Gasteiger partial charge on any atom is -0.360 e. The lowest BCUT2D eigenvalue weighted by atomic mass is 10.1. The second-order valence-electron chi connectivity index (χ2n) is 5.86. The SMILES string of the molecule is Cc1cc(NC(=O)CN(C)C(=O)c2c(-c3ccccc3)noc2C)no1. The van der Waals surface area contributed by atoms with Gasteiger partial charge in [0, 0.05) is 18.7 Å². The van der Waals surface area contributed by atoms with Gasteiger partial charge < -0.3 is 19.3 Å². The van der Waals surface area contributed by atoms with E-state index in [1.807, 2.05) is 30.3 Å². The van der Waals surface area contributed by atoms with Crippen molar-refractivity contribution in [2.75, 3.05) is 18.9 Å². The number of hydrogen-bond donors (Lipinski definition) is 1. The van der Waals surface area contributed by atoms with Gasteiger partial charge in [0.2, 0.25) is 5.91 Å². The number of carbonyl (C=O) groups is 2. The Hall–Kier alpha value is -3.42. The Kier molecular flexibility index (Phi) is 4.83. The highest BCUT2D eigenvalue weighted by molar-refractivity contribution is 6.03. The molecule has 0 aliphatic rings. The molecule has 0 saturated carbocycles. The molecule has 0 aliphatic carbocycles. The molecule has 2 aromatic heterocycles. The van der Waals surface area contributed by atoms with Gasteiger partial charge in [-0.1, -0.05) is 40.6 Å². The van der Waals surface area contributed by atoms with Crippen LogP contribution in [-0.4, -0.2) is 40.6 Å². The van der Waals surface area contributed by atoms with Crippen LogP contribution in [0.1, 0.15) is 21.9 Å². The Morgan fingerprint density at radius 3 is 2.50 bits per heavy atom. The Morgan fingerprint density at radius 2 is 1.85 bits per heavy atom. The Morgan fingerprint density at radius 1 is 1.12 bits per heavy atom. The van der Waals surface area contributed by atoms with Gasteiger partial charge in [-0.05, 0) is 13.8 Å². The van der Waals surface area contributed by atoms with Gasteiger partial charge in [-0.25, -0.2) is 0 Å². The van der Waals surface area contributed by atoms with Crippen molar-refractivity contribution in [2.45, 2.75) is 13.8 Å². The van der Waals surface area contributed by atoms with E-state index in [9.17, 15) is 9.59 Å². The summed E-state index contributed by atoms with van der Waals surface area (Å²) in [4.78, 5) is 26.2. The number of aromatic nitrogens is 2. The zero-order valence-electron chi connectivity index (χ0n) is 14.6. The minimum absolute atomic E-state index is 0.149. The number of carbonyl (C=O) groups excluding carboxylic acids is 2. The number of anilines is 1. The van der Waals surface area contributed by atoms with Crippen molar-refractivity contribution in [3.05, 3.63) is 53.5 Å². The van der Waals surface area contributed by atoms with E-state index >= 15 is 0 Å². The van der Waals surface area contributed by atoms with E-state index in [2.05, 4.69) is 15.6 Å². The summed E-state index contributed by atoms with van der Waals surface area (Å²) in [5.41, 5.74) is 1.56. The van der Waals surface area contributed by atoms with E-state index in [0.29, 0.717) is 28.6 Å². The number of benzene rings is 1. The van der Waals surface area contributed by atoms with Gasteiger partial charge in [0.05, 0.1) is 6.54 Å². The highest BCUT2D eigenvalue weighted by Gasteiger charge is 2.25. The molecule has 0 radical (unpaired) electrons. The molecule has 134 valence electrons. The summed E-state index contributed by atoms with van der Waals surface area (Å²) in [5, 5.41) is 10.3. The fourth-order valence-corrected chi connectivity index (χ4v) is 2.50. The number of rotatable bonds is 5. The Balaban J connectivity index is 1.75. The van der Waals surface area contributed by atoms with Crippen LogP contribution >= 0.6 is 0 Å². The van der Waals surface area contributed by atoms with Gasteiger partial charge in [0.25, 0.3) is 5.91 Å². The van der Waals surface area contributed by atoms with Gasteiger partial charge in [-0.15, -0.1) is 0 Å². The molecular weight excluding hydrogens is 336 g/mol. The van der Waals surface area contributed by atoms with Crippen LogP contribution in [0.25, 0.3) is 11.3 Å². The normalized spacial score (nSPS) is 10.6. The number of amides is 2. The second-order valence-corrected chi connectivity index (χ2v) is 5.86. The molecule has 2 heterocycles. The maximum atomic E-state index is 12.8. The smallest absolute Gasteiger partial charge is 0.259 e. The average molecular weight is 354 g/mol. The van der Waals surface area contributed by atoms with Crippen molar-refractivity contribution in [1.82, 2.24) is 15.2 Å². The zero-order chi connectivity index (χ0) is 18.7. The van der Waals surface area contributed by atoms with Crippen LogP contribution in [0.5, 0.6) is 0 Å². The molecule has 26 heavy (non-hydrogen) atoms. The van der Waals surface area contributed by atoms with Gasteiger partial charge in [0.15, 0.2) is 5.82 Å². The minimum atomic E-state index is -0.385. The predicted molar refractivity (Wildman–Crippen MR) is 93.5 cm³/mol. The molecule has 3 rings (SSSR count). The molecule has 8 nitrogen and oxygen atoms in total. The molecular formula is C18H18N4O4. The molecule has 0 bridgehead atoms. The highest BCUT2D eigenvalue weighted by atomic mass is 16.5. The van der Waals surface area contributed by atoms with Crippen LogP contribution in [0.3, 0.4) is 0 Å². The third-order valence-electron chi connectivity index (χ3n) is 3.75. The monoisotopic (exact) mass is 354 g/mol. The van der Waals surface area contributed by atoms with E-state index in [4.69, 9.17) is 9.05 Å². The molecule has 0 unspecified atom stereocenters. The van der Waals surface area contributed by atoms with E-state index in [0.717, 1.165) is 5.56 Å². The molecule has 8 heteroatoms. The topological polar surface area (TPSA) is 101 Å². The first-order valence-corrected chi connectivity index (χ1v) is 7.96. The molecule has 0 spiro atoms. The zero-order valence-corrected chi connectivity index (χ0v) is 14.6. The number of aryl methyl sites for hydroxylation is 2. The molecule has 0 fully saturated rings. The third-order valence-corrected chi connectivity index (χ3v) is 3.75. The summed E-state index contributed by atoms with van der Waals surface area (Å²) in [5.74, 6) is 0.545. The van der Waals surface area contributed by atoms with Crippen LogP contribution in [0.15, 0.2) is 45.4 Å². The van der Waals surface area contributed by atoms with Gasteiger partial charge in [0.1, 0.15) is 22.8 Å². The van der Waals surface area contributed by atoms with E-state index in [1.165, 1.54) is 11.9 Å². The number of likely N-dealkylation sites (N-methyl/N-ethyl adjacent to an activating group) is 1. The standard InChI is InChI=1S/C18H18N4O4/c1-11-9-14(20-25-11)19-15(23)10-22(3)18(24)16-12(2)26-21-17(16)13-7-5-4-6-8-13/h4-9H,10H2,1-3H3,(H,19,20,23). The van der Waals surface area contributed by atoms with Crippen molar-refractivity contribution in [3.63, 3.8) is 0 Å². The van der Waals surface area contributed by atoms with Crippen molar-refractivity contribution in [2.24, 2.45) is 0 Å². The molecule has 0 atom stereocenters. The van der Waals surface area contributed by atoms with E-state index < -0.39 is 0 Å². The second kappa shape index (κ2) is 7.22. The summed E-state index contributed by atoms with van der Waals surface area (Å²) in [6.07, 6.45) is 0. The predicted octanol–water partition coefficient (Wildman–Crippen LogP) is 2.66. The van der Waals surface area contributed by atoms with Gasteiger partial charge in [-0.2, -0.15) is 0 Å². The lowest BCUT2D eigenvalue weighted by Gasteiger charge is -2.16. The first-order chi connectivity index (χ1) is 12.5. The Labute approximate surface area is 149 Å². The third kappa shape index (κ3) is 3.64. The quantitative estimate of drug-likeness (QED) is 0.756. The fraction of sp³-hybridized carbons (Fsp3) is 0.222. The molecule has 3 aromatic rings. The van der Waals surface area contributed by atoms with Crippen molar-refractivity contribution in [3.8, 4) is 11.3 Å². The lowest BCUT2D eigenvalue weighted by molar-refractivity contribution is -0.116. The molecule has 0 aliphatic heterocycles. The van der Waals surface area contributed by atoms with Crippen LogP contribution in [0, 0.1) is 13.8 Å². The summed E-state index contributed by atoms with van der Waals surface area (Å²) in [7, 11) is 1.54. The number of hydrogen-bond acceptors (Lipinski definition) is 6. The van der Waals surface area contributed by atoms with Crippen LogP contribution in [0.2, 0.25) is 0 Å². The van der Waals surface area contributed by atoms with Crippen LogP contribution in [0.4, 0.5) is 5.82 Å². The average Bonchev–Trinajstić information content (AvgIpc) is 3.20. The molecule has 0 saturated heterocycles. The first kappa shape index (κ1) is 17.4. The van der Waals surface area contributed by atoms with E-state index in [-0.39, 0.29) is 18.4 Å². The Bertz CT molecular complexity index is 930. The van der Waals surface area contributed by atoms with Gasteiger partial charge >= 0.3 is 0 Å². The summed E-state index contributed by atoms with van der Waals surface area (Å²) in [6.45, 7) is 3.24. The first-order valence-electron chi connectivity index (χ1n) is 7.96.